The van der Waals surface area contributed by atoms with Crippen LogP contribution >= 0.6 is 0 Å². The Hall–Kier alpha value is -2.40. The molecule has 5 heteroatoms. The molecule has 0 amide bonds. The van der Waals surface area contributed by atoms with E-state index in [0.29, 0.717) is 33.0 Å². The van der Waals surface area contributed by atoms with Crippen molar-refractivity contribution in [3.05, 3.63) is 48.5 Å². The molecule has 0 aliphatic rings. The first-order valence-corrected chi connectivity index (χ1v) is 8.14. The fourth-order valence-electron chi connectivity index (χ4n) is 2.18. The van der Waals surface area contributed by atoms with Gasteiger partial charge in [0.05, 0.1) is 19.4 Å². The molecule has 0 fully saturated rings. The zero-order chi connectivity index (χ0) is 17.0. The van der Waals surface area contributed by atoms with E-state index in [4.69, 9.17) is 18.9 Å². The van der Waals surface area contributed by atoms with E-state index in [1.54, 1.807) is 7.11 Å². The third kappa shape index (κ3) is 5.66. The van der Waals surface area contributed by atoms with E-state index in [2.05, 4.69) is 5.32 Å². The molecule has 130 valence electrons. The number of methoxy groups -OCH3 is 1. The minimum atomic E-state index is 0.521. The lowest BCUT2D eigenvalue weighted by molar-refractivity contribution is 0.110. The Bertz CT molecular complexity index is 603. The van der Waals surface area contributed by atoms with Gasteiger partial charge in [0.1, 0.15) is 19.0 Å². The highest BCUT2D eigenvalue weighted by molar-refractivity contribution is 5.56. The van der Waals surface area contributed by atoms with Crippen molar-refractivity contribution in [1.82, 2.24) is 0 Å². The Balaban J connectivity index is 1.79. The number of nitrogens with one attached hydrogen (secondary N) is 1. The van der Waals surface area contributed by atoms with Gasteiger partial charge in [0.2, 0.25) is 0 Å². The quantitative estimate of drug-likeness (QED) is 0.638. The van der Waals surface area contributed by atoms with Gasteiger partial charge in [0.25, 0.3) is 0 Å². The molecule has 2 aromatic rings. The topological polar surface area (TPSA) is 49.0 Å². The van der Waals surface area contributed by atoms with Gasteiger partial charge in [-0.3, -0.25) is 0 Å². The van der Waals surface area contributed by atoms with Crippen molar-refractivity contribution >= 4 is 5.69 Å². The van der Waals surface area contributed by atoms with E-state index >= 15 is 0 Å². The normalized spacial score (nSPS) is 10.2. The maximum atomic E-state index is 5.75. The Morgan fingerprint density at radius 3 is 2.21 bits per heavy atom. The van der Waals surface area contributed by atoms with E-state index < -0.39 is 0 Å². The summed E-state index contributed by atoms with van der Waals surface area (Å²) in [4.78, 5) is 0. The van der Waals surface area contributed by atoms with Crippen LogP contribution in [0.2, 0.25) is 0 Å². The lowest BCUT2D eigenvalue weighted by Crippen LogP contribution is -2.13. The highest BCUT2D eigenvalue weighted by Crippen LogP contribution is 2.26. The molecule has 24 heavy (non-hydrogen) atoms. The van der Waals surface area contributed by atoms with Crippen LogP contribution in [0.15, 0.2) is 48.5 Å². The van der Waals surface area contributed by atoms with E-state index in [0.717, 1.165) is 22.9 Å². The predicted octanol–water partition coefficient (Wildman–Crippen LogP) is 3.60. The largest absolute Gasteiger partial charge is 0.493 e. The van der Waals surface area contributed by atoms with Crippen molar-refractivity contribution in [2.24, 2.45) is 0 Å². The number of hydrogen-bond donors (Lipinski definition) is 1. The number of para-hydroxylation sites is 4. The van der Waals surface area contributed by atoms with E-state index in [1.807, 2.05) is 55.5 Å². The second kappa shape index (κ2) is 10.4. The van der Waals surface area contributed by atoms with E-state index in [-0.39, 0.29) is 0 Å². The van der Waals surface area contributed by atoms with Crippen molar-refractivity contribution in [2.75, 3.05) is 45.4 Å². The van der Waals surface area contributed by atoms with E-state index in [1.165, 1.54) is 0 Å². The molecule has 0 unspecified atom stereocenters. The van der Waals surface area contributed by atoms with Crippen LogP contribution in [0.4, 0.5) is 5.69 Å². The van der Waals surface area contributed by atoms with Crippen LogP contribution in [0.3, 0.4) is 0 Å². The van der Waals surface area contributed by atoms with Crippen molar-refractivity contribution in [1.29, 1.82) is 0 Å². The second-order valence-electron chi connectivity index (χ2n) is 4.97. The molecule has 0 aliphatic carbocycles. The minimum absolute atomic E-state index is 0.521. The number of benzene rings is 2. The summed E-state index contributed by atoms with van der Waals surface area (Å²) in [6, 6.07) is 15.5. The maximum Gasteiger partial charge on any atom is 0.161 e. The van der Waals surface area contributed by atoms with Gasteiger partial charge in [-0.2, -0.15) is 0 Å². The van der Waals surface area contributed by atoms with Gasteiger partial charge in [-0.25, -0.2) is 0 Å². The molecule has 0 aliphatic heterocycles. The van der Waals surface area contributed by atoms with Crippen molar-refractivity contribution in [3.8, 4) is 17.2 Å². The number of ether oxygens (including phenoxy) is 4. The summed E-state index contributed by atoms with van der Waals surface area (Å²) in [5.74, 6) is 2.29. The zero-order valence-electron chi connectivity index (χ0n) is 14.3. The first-order valence-electron chi connectivity index (χ1n) is 8.14. The van der Waals surface area contributed by atoms with Crippen molar-refractivity contribution in [2.45, 2.75) is 6.92 Å². The minimum Gasteiger partial charge on any atom is -0.493 e. The van der Waals surface area contributed by atoms with Crippen LogP contribution in [0.25, 0.3) is 0 Å². The van der Waals surface area contributed by atoms with Crippen LogP contribution in [0, 0.1) is 0 Å². The summed E-state index contributed by atoms with van der Waals surface area (Å²) >= 11 is 0. The van der Waals surface area contributed by atoms with E-state index in [9.17, 15) is 0 Å². The van der Waals surface area contributed by atoms with Gasteiger partial charge in [0.15, 0.2) is 11.5 Å². The Morgan fingerprint density at radius 1 is 0.792 bits per heavy atom. The summed E-state index contributed by atoms with van der Waals surface area (Å²) in [5.41, 5.74) is 0.942. The first kappa shape index (κ1) is 17.9. The van der Waals surface area contributed by atoms with Gasteiger partial charge < -0.3 is 24.3 Å². The predicted molar refractivity (Wildman–Crippen MR) is 95.4 cm³/mol. The molecular formula is C19H25NO4. The SMILES string of the molecule is CCOCCOc1ccccc1NCCOc1ccccc1OC. The Labute approximate surface area is 143 Å². The lowest BCUT2D eigenvalue weighted by Gasteiger charge is -2.14. The summed E-state index contributed by atoms with van der Waals surface area (Å²) in [7, 11) is 1.64. The molecule has 5 nitrogen and oxygen atoms in total. The molecule has 2 aromatic carbocycles. The number of rotatable bonds is 11. The fraction of sp³-hybridized carbons (Fsp3) is 0.368. The monoisotopic (exact) mass is 331 g/mol. The molecule has 0 radical (unpaired) electrons. The van der Waals surface area contributed by atoms with Crippen LogP contribution in [0.1, 0.15) is 6.92 Å². The summed E-state index contributed by atoms with van der Waals surface area (Å²) in [6.45, 7) is 4.96. The molecular weight excluding hydrogens is 306 g/mol. The highest BCUT2D eigenvalue weighted by Gasteiger charge is 2.04. The first-order chi connectivity index (χ1) is 11.8. The van der Waals surface area contributed by atoms with Gasteiger partial charge in [-0.15, -0.1) is 0 Å². The average Bonchev–Trinajstić information content (AvgIpc) is 2.63. The molecule has 0 spiro atoms. The fourth-order valence-corrected chi connectivity index (χ4v) is 2.18. The molecule has 0 saturated carbocycles. The standard InChI is InChI=1S/C19H25NO4/c1-3-22-14-15-24-17-9-5-4-8-16(17)20-12-13-23-19-11-7-6-10-18(19)21-2/h4-11,20H,3,12-15H2,1-2H3. The van der Waals surface area contributed by atoms with Gasteiger partial charge in [-0.1, -0.05) is 24.3 Å². The Morgan fingerprint density at radius 2 is 1.46 bits per heavy atom. The van der Waals surface area contributed by atoms with Gasteiger partial charge >= 0.3 is 0 Å². The van der Waals surface area contributed by atoms with Gasteiger partial charge in [-0.05, 0) is 31.2 Å². The van der Waals surface area contributed by atoms with Crippen LogP contribution in [-0.4, -0.2) is 40.1 Å². The average molecular weight is 331 g/mol. The number of hydrogen-bond acceptors (Lipinski definition) is 5. The molecule has 0 bridgehead atoms. The highest BCUT2D eigenvalue weighted by atomic mass is 16.5. The lowest BCUT2D eigenvalue weighted by atomic mass is 10.3. The molecule has 0 saturated heterocycles. The third-order valence-corrected chi connectivity index (χ3v) is 3.32. The Kier molecular flexibility index (Phi) is 7.77. The molecule has 0 aromatic heterocycles. The number of anilines is 1. The maximum absolute atomic E-state index is 5.75. The van der Waals surface area contributed by atoms with Crippen molar-refractivity contribution < 1.29 is 18.9 Å². The molecule has 2 rings (SSSR count). The molecule has 1 N–H and O–H groups in total. The zero-order valence-corrected chi connectivity index (χ0v) is 14.3. The van der Waals surface area contributed by atoms with Crippen LogP contribution < -0.4 is 19.5 Å². The third-order valence-electron chi connectivity index (χ3n) is 3.32. The smallest absolute Gasteiger partial charge is 0.161 e. The summed E-state index contributed by atoms with van der Waals surface area (Å²) in [5, 5.41) is 3.33. The molecule has 0 heterocycles. The second-order valence-corrected chi connectivity index (χ2v) is 4.97. The summed E-state index contributed by atoms with van der Waals surface area (Å²) < 4.78 is 22.1. The summed E-state index contributed by atoms with van der Waals surface area (Å²) in [6.07, 6.45) is 0. The van der Waals surface area contributed by atoms with Crippen molar-refractivity contribution in [3.63, 3.8) is 0 Å². The molecule has 0 atom stereocenters. The van der Waals surface area contributed by atoms with Crippen LogP contribution in [-0.2, 0) is 4.74 Å². The van der Waals surface area contributed by atoms with Crippen LogP contribution in [0.5, 0.6) is 17.2 Å². The van der Waals surface area contributed by atoms with Gasteiger partial charge in [0, 0.05) is 13.2 Å².